The second-order valence-corrected chi connectivity index (χ2v) is 7.63. The van der Waals surface area contributed by atoms with Crippen LogP contribution in [-0.2, 0) is 11.2 Å². The molecule has 1 fully saturated rings. The number of carboxylic acids is 1. The van der Waals surface area contributed by atoms with Gasteiger partial charge in [-0.3, -0.25) is 4.79 Å². The highest BCUT2D eigenvalue weighted by Gasteiger charge is 2.80. The molecule has 3 nitrogen and oxygen atoms in total. The number of carbonyl (C=O) groups is 1. The lowest BCUT2D eigenvalue weighted by Crippen LogP contribution is -2.20. The van der Waals surface area contributed by atoms with Crippen LogP contribution in [0, 0.1) is 16.2 Å². The van der Waals surface area contributed by atoms with E-state index >= 15 is 0 Å². The van der Waals surface area contributed by atoms with E-state index < -0.39 is 11.4 Å². The van der Waals surface area contributed by atoms with Crippen LogP contribution < -0.4 is 4.74 Å². The van der Waals surface area contributed by atoms with Gasteiger partial charge in [0, 0.05) is 0 Å². The third kappa shape index (κ3) is 2.22. The first kappa shape index (κ1) is 16.6. The minimum atomic E-state index is -0.716. The van der Waals surface area contributed by atoms with Gasteiger partial charge >= 0.3 is 5.97 Å². The Bertz CT molecular complexity index is 766. The number of hydrogen-bond donors (Lipinski definition) is 1. The molecule has 2 atom stereocenters. The van der Waals surface area contributed by atoms with Gasteiger partial charge in [0.2, 0.25) is 0 Å². The first-order chi connectivity index (χ1) is 11.2. The van der Waals surface area contributed by atoms with Crippen molar-refractivity contribution in [1.29, 1.82) is 0 Å². The van der Waals surface area contributed by atoms with Gasteiger partial charge in [0.25, 0.3) is 0 Å². The number of hydrogen-bond acceptors (Lipinski definition) is 2. The van der Waals surface area contributed by atoms with Gasteiger partial charge in [0.05, 0.1) is 5.41 Å². The number of ether oxygens (including phenoxy) is 1. The van der Waals surface area contributed by atoms with Crippen molar-refractivity contribution in [2.24, 2.45) is 16.2 Å². The summed E-state index contributed by atoms with van der Waals surface area (Å²) in [7, 11) is 0. The second kappa shape index (κ2) is 5.37. The molecule has 2 unspecified atom stereocenters. The van der Waals surface area contributed by atoms with Gasteiger partial charge < -0.3 is 9.84 Å². The SMILES string of the molecule is CC1(C)C(C)(Cc2cccc(Oc3ccccc3)c2)C1(C)C(=O)O. The molecule has 0 heterocycles. The quantitative estimate of drug-likeness (QED) is 0.826. The molecule has 0 amide bonds. The van der Waals surface area contributed by atoms with Crippen molar-refractivity contribution in [3.05, 3.63) is 60.2 Å². The summed E-state index contributed by atoms with van der Waals surface area (Å²) in [5, 5.41) is 9.69. The summed E-state index contributed by atoms with van der Waals surface area (Å²) < 4.78 is 5.89. The Morgan fingerprint density at radius 3 is 2.17 bits per heavy atom. The highest BCUT2D eigenvalue weighted by molar-refractivity contribution is 5.82. The van der Waals surface area contributed by atoms with Crippen LogP contribution in [0.2, 0.25) is 0 Å². The molecule has 0 bridgehead atoms. The van der Waals surface area contributed by atoms with Gasteiger partial charge in [-0.25, -0.2) is 0 Å². The second-order valence-electron chi connectivity index (χ2n) is 7.63. The third-order valence-corrected chi connectivity index (χ3v) is 6.53. The fraction of sp³-hybridized carbons (Fsp3) is 0.381. The molecule has 1 aliphatic carbocycles. The zero-order valence-electron chi connectivity index (χ0n) is 14.7. The summed E-state index contributed by atoms with van der Waals surface area (Å²) in [4.78, 5) is 11.8. The Hall–Kier alpha value is -2.29. The first-order valence-electron chi connectivity index (χ1n) is 8.28. The smallest absolute Gasteiger partial charge is 0.310 e. The Kier molecular flexibility index (Phi) is 3.71. The van der Waals surface area contributed by atoms with Crippen LogP contribution in [0.5, 0.6) is 11.5 Å². The summed E-state index contributed by atoms with van der Waals surface area (Å²) in [6.07, 6.45) is 0.717. The molecule has 0 spiro atoms. The Morgan fingerprint density at radius 2 is 1.58 bits per heavy atom. The number of para-hydroxylation sites is 1. The predicted octanol–water partition coefficient (Wildman–Crippen LogP) is 5.16. The fourth-order valence-electron chi connectivity index (χ4n) is 4.10. The first-order valence-corrected chi connectivity index (χ1v) is 8.28. The van der Waals surface area contributed by atoms with Gasteiger partial charge in [-0.2, -0.15) is 0 Å². The number of aliphatic carboxylic acids is 1. The summed E-state index contributed by atoms with van der Waals surface area (Å²) in [5.41, 5.74) is -0.140. The standard InChI is InChI=1S/C21H24O3/c1-19(2)20(3,21(19,4)18(22)23)14-15-9-8-12-17(13-15)24-16-10-6-5-7-11-16/h5-13H,14H2,1-4H3,(H,22,23). The predicted molar refractivity (Wildman–Crippen MR) is 94.3 cm³/mol. The summed E-state index contributed by atoms with van der Waals surface area (Å²) in [5.74, 6) is 0.854. The molecular weight excluding hydrogens is 300 g/mol. The highest BCUT2D eigenvalue weighted by atomic mass is 16.5. The number of carboxylic acid groups (broad SMARTS) is 1. The molecule has 0 aromatic heterocycles. The van der Waals surface area contributed by atoms with E-state index in [0.717, 1.165) is 23.5 Å². The molecule has 0 aliphatic heterocycles. The van der Waals surface area contributed by atoms with Crippen molar-refractivity contribution in [2.45, 2.75) is 34.1 Å². The van der Waals surface area contributed by atoms with Crippen molar-refractivity contribution in [2.75, 3.05) is 0 Å². The normalized spacial score (nSPS) is 27.5. The van der Waals surface area contributed by atoms with E-state index in [1.54, 1.807) is 0 Å². The maximum atomic E-state index is 11.8. The van der Waals surface area contributed by atoms with Gasteiger partial charge in [0.15, 0.2) is 0 Å². The number of benzene rings is 2. The van der Waals surface area contributed by atoms with E-state index in [4.69, 9.17) is 4.74 Å². The van der Waals surface area contributed by atoms with E-state index in [1.807, 2.05) is 75.4 Å². The van der Waals surface area contributed by atoms with Crippen molar-refractivity contribution < 1.29 is 14.6 Å². The van der Waals surface area contributed by atoms with Gasteiger partial charge in [-0.15, -0.1) is 0 Å². The molecule has 1 saturated carbocycles. The van der Waals surface area contributed by atoms with Crippen LogP contribution in [0.4, 0.5) is 0 Å². The molecule has 2 aromatic rings. The molecular formula is C21H24O3. The van der Waals surface area contributed by atoms with E-state index in [0.29, 0.717) is 0 Å². The molecule has 0 radical (unpaired) electrons. The topological polar surface area (TPSA) is 46.5 Å². The lowest BCUT2D eigenvalue weighted by Gasteiger charge is -2.16. The van der Waals surface area contributed by atoms with Crippen LogP contribution in [0.25, 0.3) is 0 Å². The van der Waals surface area contributed by atoms with E-state index in [1.165, 1.54) is 0 Å². The Balaban J connectivity index is 1.82. The molecule has 1 N–H and O–H groups in total. The molecule has 126 valence electrons. The average Bonchev–Trinajstić information content (AvgIpc) is 2.88. The van der Waals surface area contributed by atoms with Crippen LogP contribution in [0.3, 0.4) is 0 Å². The van der Waals surface area contributed by atoms with E-state index in [-0.39, 0.29) is 10.8 Å². The fourth-order valence-corrected chi connectivity index (χ4v) is 4.10. The molecule has 0 saturated heterocycles. The maximum absolute atomic E-state index is 11.8. The lowest BCUT2D eigenvalue weighted by molar-refractivity contribution is -0.145. The molecule has 1 aliphatic rings. The zero-order valence-corrected chi connectivity index (χ0v) is 14.7. The molecule has 3 heteroatoms. The molecule has 3 rings (SSSR count). The van der Waals surface area contributed by atoms with Crippen LogP contribution in [0.15, 0.2) is 54.6 Å². The highest BCUT2D eigenvalue weighted by Crippen LogP contribution is 2.78. The minimum absolute atomic E-state index is 0.248. The Labute approximate surface area is 143 Å². The van der Waals surface area contributed by atoms with Gasteiger partial charge in [-0.1, -0.05) is 51.1 Å². The lowest BCUT2D eigenvalue weighted by atomic mass is 9.88. The van der Waals surface area contributed by atoms with Crippen molar-refractivity contribution in [3.63, 3.8) is 0 Å². The minimum Gasteiger partial charge on any atom is -0.481 e. The van der Waals surface area contributed by atoms with Gasteiger partial charge in [-0.05, 0) is 54.0 Å². The van der Waals surface area contributed by atoms with Crippen LogP contribution in [-0.4, -0.2) is 11.1 Å². The monoisotopic (exact) mass is 324 g/mol. The van der Waals surface area contributed by atoms with Crippen molar-refractivity contribution >= 4 is 5.97 Å². The zero-order chi connectivity index (χ0) is 17.6. The van der Waals surface area contributed by atoms with Crippen molar-refractivity contribution in [1.82, 2.24) is 0 Å². The molecule has 24 heavy (non-hydrogen) atoms. The Morgan fingerprint density at radius 1 is 0.958 bits per heavy atom. The van der Waals surface area contributed by atoms with E-state index in [2.05, 4.69) is 6.92 Å². The average molecular weight is 324 g/mol. The van der Waals surface area contributed by atoms with Crippen molar-refractivity contribution in [3.8, 4) is 11.5 Å². The summed E-state index contributed by atoms with van der Waals surface area (Å²) >= 11 is 0. The molecule has 2 aromatic carbocycles. The summed E-state index contributed by atoms with van der Waals surface area (Å²) in [6.45, 7) is 8.03. The van der Waals surface area contributed by atoms with Gasteiger partial charge in [0.1, 0.15) is 11.5 Å². The maximum Gasteiger partial charge on any atom is 0.310 e. The van der Waals surface area contributed by atoms with E-state index in [9.17, 15) is 9.90 Å². The van der Waals surface area contributed by atoms with Crippen LogP contribution >= 0.6 is 0 Å². The number of rotatable bonds is 5. The largest absolute Gasteiger partial charge is 0.481 e. The summed E-state index contributed by atoms with van der Waals surface area (Å²) in [6, 6.07) is 17.6. The van der Waals surface area contributed by atoms with Crippen LogP contribution in [0.1, 0.15) is 33.3 Å². The third-order valence-electron chi connectivity index (χ3n) is 6.53.